The minimum Gasteiger partial charge on any atom is -0.394 e. The molecule has 4 atom stereocenters. The second kappa shape index (κ2) is 17.4. The highest BCUT2D eigenvalue weighted by Gasteiger charge is 2.43. The van der Waals surface area contributed by atoms with Gasteiger partial charge in [0.15, 0.2) is 6.23 Å². The smallest absolute Gasteiger partial charge is 0.351 e. The summed E-state index contributed by atoms with van der Waals surface area (Å²) in [6.45, 7) is 1.76. The van der Waals surface area contributed by atoms with Crippen LogP contribution in [0.15, 0.2) is 29.2 Å². The topological polar surface area (TPSA) is 134 Å². The zero-order chi connectivity index (χ0) is 26.2. The van der Waals surface area contributed by atoms with Crippen LogP contribution in [0.25, 0.3) is 0 Å². The number of hydrogen-bond acceptors (Lipinski definition) is 7. The minimum atomic E-state index is -1.37. The van der Waals surface area contributed by atoms with Gasteiger partial charge in [0.05, 0.1) is 6.61 Å². The van der Waals surface area contributed by atoms with Crippen molar-refractivity contribution in [2.75, 3.05) is 11.9 Å². The lowest BCUT2D eigenvalue weighted by atomic mass is 10.1. The first-order chi connectivity index (χ1) is 17.5. The molecule has 0 spiro atoms. The lowest BCUT2D eigenvalue weighted by Gasteiger charge is -2.17. The van der Waals surface area contributed by atoms with Crippen molar-refractivity contribution in [2.24, 2.45) is 0 Å². The Hall–Kier alpha value is -2.07. The number of unbranched alkanes of at least 4 members (excludes halogenated alkanes) is 11. The van der Waals surface area contributed by atoms with E-state index < -0.39 is 36.8 Å². The van der Waals surface area contributed by atoms with Crippen molar-refractivity contribution in [3.05, 3.63) is 34.9 Å². The minimum absolute atomic E-state index is 0.126. The second-order valence-electron chi connectivity index (χ2n) is 9.61. The van der Waals surface area contributed by atoms with E-state index in [4.69, 9.17) is 4.74 Å². The molecule has 1 saturated heterocycles. The highest BCUT2D eigenvalue weighted by atomic mass is 16.6. The molecule has 0 unspecified atom stereocenters. The van der Waals surface area contributed by atoms with E-state index in [0.29, 0.717) is 6.42 Å². The van der Waals surface area contributed by atoms with Gasteiger partial charge in [-0.2, -0.15) is 4.98 Å². The maximum Gasteiger partial charge on any atom is 0.351 e. The average Bonchev–Trinajstić information content (AvgIpc) is 3.15. The zero-order valence-corrected chi connectivity index (χ0v) is 21.7. The number of anilines is 1. The third kappa shape index (κ3) is 10.5. The first-order valence-electron chi connectivity index (χ1n) is 13.6. The quantitative estimate of drug-likeness (QED) is 0.175. The Labute approximate surface area is 214 Å². The van der Waals surface area contributed by atoms with Crippen LogP contribution < -0.4 is 11.0 Å². The van der Waals surface area contributed by atoms with Gasteiger partial charge in [-0.3, -0.25) is 9.36 Å². The van der Waals surface area contributed by atoms with Crippen molar-refractivity contribution in [1.82, 2.24) is 9.55 Å². The molecular formula is C27H45N3O6. The van der Waals surface area contributed by atoms with Gasteiger partial charge < -0.3 is 25.4 Å². The summed E-state index contributed by atoms with van der Waals surface area (Å²) in [6.07, 6.45) is 17.0. The summed E-state index contributed by atoms with van der Waals surface area (Å²) in [5.41, 5.74) is -0.733. The van der Waals surface area contributed by atoms with E-state index in [9.17, 15) is 24.9 Å². The summed E-state index contributed by atoms with van der Waals surface area (Å²) in [4.78, 5) is 28.3. The van der Waals surface area contributed by atoms with Gasteiger partial charge in [0.2, 0.25) is 5.91 Å². The SMILES string of the molecule is CCCCCCCC/C=C\CCCCCCCC(=O)Nc1ccn([C@@H]2O[C@H](CO)[C@@H](O)[C@@H]2O)c(=O)n1. The Morgan fingerprint density at radius 3 is 2.19 bits per heavy atom. The molecule has 1 aliphatic heterocycles. The summed E-state index contributed by atoms with van der Waals surface area (Å²) in [7, 11) is 0. The molecule has 0 aliphatic carbocycles. The highest BCUT2D eigenvalue weighted by molar-refractivity contribution is 5.89. The van der Waals surface area contributed by atoms with Crippen LogP contribution in [-0.2, 0) is 9.53 Å². The van der Waals surface area contributed by atoms with E-state index in [2.05, 4.69) is 29.4 Å². The number of aromatic nitrogens is 2. The molecule has 0 radical (unpaired) electrons. The molecule has 204 valence electrons. The summed E-state index contributed by atoms with van der Waals surface area (Å²) >= 11 is 0. The number of carbonyl (C=O) groups is 1. The van der Waals surface area contributed by atoms with Gasteiger partial charge in [-0.1, -0.05) is 70.4 Å². The molecule has 1 aromatic rings. The van der Waals surface area contributed by atoms with Crippen molar-refractivity contribution in [3.63, 3.8) is 0 Å². The first kappa shape index (κ1) is 30.2. The number of aliphatic hydroxyl groups is 3. The van der Waals surface area contributed by atoms with Gasteiger partial charge in [-0.25, -0.2) is 4.79 Å². The Bertz CT molecular complexity index is 843. The standard InChI is InChI=1S/C27H45N3O6/c1-2-3-4-5-6-7-8-9-10-11-12-13-14-15-16-17-23(32)28-22-18-19-30(27(35)29-22)26-25(34)24(33)21(20-31)36-26/h9-10,18-19,21,24-26,31,33-34H,2-8,11-17,20H2,1H3,(H,28,29,32,35)/b10-9-/t21-,24-,25+,26-/m1/s1. The lowest BCUT2D eigenvalue weighted by molar-refractivity contribution is -0.116. The fourth-order valence-electron chi connectivity index (χ4n) is 4.35. The van der Waals surface area contributed by atoms with Crippen LogP contribution in [0, 0.1) is 0 Å². The van der Waals surface area contributed by atoms with Gasteiger partial charge in [0, 0.05) is 12.6 Å². The van der Waals surface area contributed by atoms with Crippen LogP contribution in [0.2, 0.25) is 0 Å². The lowest BCUT2D eigenvalue weighted by Crippen LogP contribution is -2.36. The number of carbonyl (C=O) groups excluding carboxylic acids is 1. The van der Waals surface area contributed by atoms with E-state index in [1.165, 1.54) is 63.6 Å². The van der Waals surface area contributed by atoms with Crippen molar-refractivity contribution in [3.8, 4) is 0 Å². The molecule has 0 saturated carbocycles. The van der Waals surface area contributed by atoms with Gasteiger partial charge in [0.25, 0.3) is 0 Å². The van der Waals surface area contributed by atoms with E-state index in [1.807, 2.05) is 0 Å². The number of aliphatic hydroxyl groups excluding tert-OH is 3. The van der Waals surface area contributed by atoms with E-state index >= 15 is 0 Å². The average molecular weight is 508 g/mol. The summed E-state index contributed by atoms with van der Waals surface area (Å²) < 4.78 is 6.37. The maximum atomic E-state index is 12.3. The number of amides is 1. The number of ether oxygens (including phenoxy) is 1. The molecule has 1 aromatic heterocycles. The number of nitrogens with zero attached hydrogens (tertiary/aromatic N) is 2. The van der Waals surface area contributed by atoms with Crippen LogP contribution in [0.3, 0.4) is 0 Å². The Balaban J connectivity index is 1.55. The molecular weight excluding hydrogens is 462 g/mol. The molecule has 9 heteroatoms. The van der Waals surface area contributed by atoms with Crippen LogP contribution >= 0.6 is 0 Å². The second-order valence-corrected chi connectivity index (χ2v) is 9.61. The Kier molecular flexibility index (Phi) is 14.6. The molecule has 2 heterocycles. The first-order valence-corrected chi connectivity index (χ1v) is 13.6. The fraction of sp³-hybridized carbons (Fsp3) is 0.741. The molecule has 0 bridgehead atoms. The normalized spacial score (nSPS) is 21.9. The van der Waals surface area contributed by atoms with Gasteiger partial charge in [-0.05, 0) is 38.2 Å². The summed E-state index contributed by atoms with van der Waals surface area (Å²) in [6, 6.07) is 1.44. The molecule has 2 rings (SSSR count). The molecule has 1 amide bonds. The maximum absolute atomic E-state index is 12.3. The predicted molar refractivity (Wildman–Crippen MR) is 140 cm³/mol. The number of hydrogen-bond donors (Lipinski definition) is 4. The van der Waals surface area contributed by atoms with Gasteiger partial charge >= 0.3 is 5.69 Å². The Morgan fingerprint density at radius 1 is 1.00 bits per heavy atom. The molecule has 1 aliphatic rings. The van der Waals surface area contributed by atoms with Crippen molar-refractivity contribution >= 4 is 11.7 Å². The fourth-order valence-corrected chi connectivity index (χ4v) is 4.35. The van der Waals surface area contributed by atoms with Crippen LogP contribution in [0.5, 0.6) is 0 Å². The summed E-state index contributed by atoms with van der Waals surface area (Å²) in [5.74, 6) is -0.0778. The number of rotatable bonds is 18. The van der Waals surface area contributed by atoms with Gasteiger partial charge in [-0.15, -0.1) is 0 Å². The van der Waals surface area contributed by atoms with Crippen LogP contribution in [0.4, 0.5) is 5.82 Å². The third-order valence-electron chi connectivity index (χ3n) is 6.55. The monoisotopic (exact) mass is 507 g/mol. The van der Waals surface area contributed by atoms with E-state index in [1.54, 1.807) is 0 Å². The molecule has 36 heavy (non-hydrogen) atoms. The largest absolute Gasteiger partial charge is 0.394 e. The van der Waals surface area contributed by atoms with Crippen LogP contribution in [0.1, 0.15) is 103 Å². The van der Waals surface area contributed by atoms with E-state index in [-0.39, 0.29) is 11.7 Å². The molecule has 0 aromatic carbocycles. The van der Waals surface area contributed by atoms with E-state index in [0.717, 1.165) is 36.7 Å². The van der Waals surface area contributed by atoms with Crippen molar-refractivity contribution in [1.29, 1.82) is 0 Å². The summed E-state index contributed by atoms with van der Waals surface area (Å²) in [5, 5.41) is 31.7. The number of nitrogens with one attached hydrogen (secondary N) is 1. The molecule has 4 N–H and O–H groups in total. The number of allylic oxidation sites excluding steroid dienone is 2. The highest BCUT2D eigenvalue weighted by Crippen LogP contribution is 2.28. The predicted octanol–water partition coefficient (Wildman–Crippen LogP) is 3.83. The molecule has 9 nitrogen and oxygen atoms in total. The molecule has 1 fully saturated rings. The third-order valence-corrected chi connectivity index (χ3v) is 6.55. The zero-order valence-electron chi connectivity index (χ0n) is 21.7. The Morgan fingerprint density at radius 2 is 1.61 bits per heavy atom. The van der Waals surface area contributed by atoms with Crippen molar-refractivity contribution < 1.29 is 24.9 Å². The van der Waals surface area contributed by atoms with Crippen LogP contribution in [-0.4, -0.2) is 55.7 Å². The van der Waals surface area contributed by atoms with Crippen molar-refractivity contribution in [2.45, 2.75) is 121 Å². The van der Waals surface area contributed by atoms with Gasteiger partial charge in [0.1, 0.15) is 24.1 Å².